The smallest absolute Gasteiger partial charge is 0.418 e. The van der Waals surface area contributed by atoms with Gasteiger partial charge in [0.15, 0.2) is 11.4 Å². The summed E-state index contributed by atoms with van der Waals surface area (Å²) in [4.78, 5) is 24.2. The van der Waals surface area contributed by atoms with Gasteiger partial charge in [-0.1, -0.05) is 0 Å². The molecule has 8 nitrogen and oxygen atoms in total. The molecule has 2 bridgehead atoms. The first-order chi connectivity index (χ1) is 20.2. The standard InChI is InChI=1S/C30H31F4N5O3/c1-2-41-29-21(4-3-10-36-29)23-6-8-25(27(38-23)28(40)37-19-9-11-35-15-19)42-26-14-20-12-17(26)16-39(20)24-7-5-18(31)13-22(24)30(32,33)34/h3-8,10,13,17,19-20,26,35H,2,9,11-12,14-16H2,1H3,(H,37,40)/t17-,19+,20-,26+/m0/s1. The SMILES string of the molecule is CCOc1ncccc1-c1ccc(O[C@@H]2C[C@@H]3C[C@H]2CN3c2ccc(F)cc2C(F)(F)F)c(C(=O)N[C@@H]2CCNC2)n1. The van der Waals surface area contributed by atoms with E-state index in [1.165, 1.54) is 6.07 Å². The van der Waals surface area contributed by atoms with Gasteiger partial charge in [-0.25, -0.2) is 14.4 Å². The number of rotatable bonds is 8. The zero-order valence-corrected chi connectivity index (χ0v) is 23.0. The van der Waals surface area contributed by atoms with Gasteiger partial charge in [0.2, 0.25) is 5.88 Å². The summed E-state index contributed by atoms with van der Waals surface area (Å²) < 4.78 is 66.9. The molecule has 1 saturated carbocycles. The summed E-state index contributed by atoms with van der Waals surface area (Å²) in [5, 5.41) is 6.26. The predicted octanol–water partition coefficient (Wildman–Crippen LogP) is 4.84. The largest absolute Gasteiger partial charge is 0.488 e. The van der Waals surface area contributed by atoms with Gasteiger partial charge in [0.25, 0.3) is 5.91 Å². The number of pyridine rings is 2. The van der Waals surface area contributed by atoms with Crippen molar-refractivity contribution in [3.05, 3.63) is 65.7 Å². The van der Waals surface area contributed by atoms with Crippen LogP contribution in [0.3, 0.4) is 0 Å². The number of nitrogens with one attached hydrogen (secondary N) is 2. The van der Waals surface area contributed by atoms with E-state index in [0.717, 1.165) is 19.0 Å². The quantitative estimate of drug-likeness (QED) is 0.366. The maximum absolute atomic E-state index is 13.7. The van der Waals surface area contributed by atoms with E-state index in [9.17, 15) is 22.4 Å². The van der Waals surface area contributed by atoms with E-state index in [1.54, 1.807) is 29.3 Å². The van der Waals surface area contributed by atoms with Crippen LogP contribution in [0, 0.1) is 11.7 Å². The van der Waals surface area contributed by atoms with E-state index in [-0.39, 0.29) is 41.4 Å². The van der Waals surface area contributed by atoms with Gasteiger partial charge in [0.05, 0.1) is 23.4 Å². The van der Waals surface area contributed by atoms with Gasteiger partial charge in [0, 0.05) is 49.4 Å². The fourth-order valence-corrected chi connectivity index (χ4v) is 6.22. The number of alkyl halides is 3. The van der Waals surface area contributed by atoms with Crippen LogP contribution in [0.2, 0.25) is 0 Å². The van der Waals surface area contributed by atoms with Crippen molar-refractivity contribution in [2.24, 2.45) is 5.92 Å². The molecule has 6 rings (SSSR count). The normalized spacial score (nSPS) is 23.3. The Labute approximate surface area is 240 Å². The van der Waals surface area contributed by atoms with E-state index in [4.69, 9.17) is 14.5 Å². The second-order valence-corrected chi connectivity index (χ2v) is 10.8. The average Bonchev–Trinajstić information content (AvgIpc) is 3.72. The molecular weight excluding hydrogens is 554 g/mol. The molecule has 2 N–H and O–H groups in total. The highest BCUT2D eigenvalue weighted by Gasteiger charge is 2.48. The minimum Gasteiger partial charge on any atom is -0.488 e. The molecule has 3 fully saturated rings. The number of piperidine rings is 1. The first-order valence-corrected chi connectivity index (χ1v) is 14.1. The molecule has 4 heterocycles. The zero-order chi connectivity index (χ0) is 29.4. The third-order valence-electron chi connectivity index (χ3n) is 8.13. The number of carbonyl (C=O) groups is 1. The van der Waals surface area contributed by atoms with Gasteiger partial charge < -0.3 is 25.0 Å². The van der Waals surface area contributed by atoms with E-state index >= 15 is 0 Å². The number of fused-ring (bicyclic) bond motifs is 2. The Bertz CT molecular complexity index is 1460. The van der Waals surface area contributed by atoms with Crippen molar-refractivity contribution >= 4 is 11.6 Å². The first-order valence-electron chi connectivity index (χ1n) is 14.1. The zero-order valence-electron chi connectivity index (χ0n) is 23.0. The molecule has 12 heteroatoms. The lowest BCUT2D eigenvalue weighted by atomic mass is 10.0. The maximum atomic E-state index is 13.7. The number of amides is 1. The van der Waals surface area contributed by atoms with Crippen LogP contribution in [-0.4, -0.2) is 60.3 Å². The molecule has 222 valence electrons. The minimum atomic E-state index is -4.67. The van der Waals surface area contributed by atoms with E-state index in [1.807, 2.05) is 13.0 Å². The molecule has 3 aromatic rings. The monoisotopic (exact) mass is 585 g/mol. The highest BCUT2D eigenvalue weighted by Crippen LogP contribution is 2.46. The number of hydrogen-bond acceptors (Lipinski definition) is 7. The average molecular weight is 586 g/mol. The summed E-state index contributed by atoms with van der Waals surface area (Å²) in [5.41, 5.74) is 0.270. The van der Waals surface area contributed by atoms with E-state index < -0.39 is 17.6 Å². The van der Waals surface area contributed by atoms with Crippen molar-refractivity contribution in [3.8, 4) is 22.9 Å². The predicted molar refractivity (Wildman–Crippen MR) is 147 cm³/mol. The molecule has 2 saturated heterocycles. The van der Waals surface area contributed by atoms with Crippen molar-refractivity contribution in [1.29, 1.82) is 0 Å². The van der Waals surface area contributed by atoms with Gasteiger partial charge in [-0.15, -0.1) is 0 Å². The van der Waals surface area contributed by atoms with Crippen molar-refractivity contribution in [2.75, 3.05) is 31.1 Å². The Balaban J connectivity index is 1.25. The fraction of sp³-hybridized carbons (Fsp3) is 0.433. The summed E-state index contributed by atoms with van der Waals surface area (Å²) in [5.74, 6) is -0.649. The maximum Gasteiger partial charge on any atom is 0.418 e. The Morgan fingerprint density at radius 3 is 2.76 bits per heavy atom. The molecule has 0 unspecified atom stereocenters. The Morgan fingerprint density at radius 2 is 2.05 bits per heavy atom. The number of aromatic nitrogens is 2. The van der Waals surface area contributed by atoms with Gasteiger partial charge >= 0.3 is 6.18 Å². The third kappa shape index (κ3) is 5.59. The van der Waals surface area contributed by atoms with E-state index in [2.05, 4.69) is 15.6 Å². The van der Waals surface area contributed by atoms with Crippen molar-refractivity contribution in [3.63, 3.8) is 0 Å². The fourth-order valence-electron chi connectivity index (χ4n) is 6.22. The lowest BCUT2D eigenvalue weighted by molar-refractivity contribution is -0.137. The Kier molecular flexibility index (Phi) is 7.65. The molecule has 1 amide bonds. The molecular formula is C30H31F4N5O3. The van der Waals surface area contributed by atoms with Crippen LogP contribution >= 0.6 is 0 Å². The number of benzene rings is 1. The van der Waals surface area contributed by atoms with Crippen LogP contribution in [0.5, 0.6) is 11.6 Å². The lowest BCUT2D eigenvalue weighted by Crippen LogP contribution is -2.41. The number of hydrogen-bond donors (Lipinski definition) is 2. The number of nitrogens with zero attached hydrogens (tertiary/aromatic N) is 3. The van der Waals surface area contributed by atoms with Gasteiger partial charge in [-0.3, -0.25) is 4.79 Å². The second-order valence-electron chi connectivity index (χ2n) is 10.8. The summed E-state index contributed by atoms with van der Waals surface area (Å²) in [7, 11) is 0. The molecule has 0 radical (unpaired) electrons. The molecule has 42 heavy (non-hydrogen) atoms. The van der Waals surface area contributed by atoms with Crippen LogP contribution in [0.25, 0.3) is 11.3 Å². The van der Waals surface area contributed by atoms with Crippen LogP contribution in [-0.2, 0) is 6.18 Å². The first kappa shape index (κ1) is 28.2. The van der Waals surface area contributed by atoms with Crippen LogP contribution < -0.4 is 25.0 Å². The molecule has 0 spiro atoms. The van der Waals surface area contributed by atoms with E-state index in [0.29, 0.717) is 61.5 Å². The molecule has 2 aliphatic heterocycles. The minimum absolute atomic E-state index is 0.0207. The molecule has 4 atom stereocenters. The van der Waals surface area contributed by atoms with Crippen molar-refractivity contribution in [1.82, 2.24) is 20.6 Å². The Hall–Kier alpha value is -3.93. The number of halogens is 4. The molecule has 1 aromatic carbocycles. The number of carbonyl (C=O) groups excluding carboxylic acids is 1. The van der Waals surface area contributed by atoms with Gasteiger partial charge in [-0.2, -0.15) is 13.2 Å². The van der Waals surface area contributed by atoms with Crippen molar-refractivity contribution in [2.45, 2.75) is 50.6 Å². The molecule has 2 aromatic heterocycles. The van der Waals surface area contributed by atoms with Crippen LogP contribution in [0.15, 0.2) is 48.7 Å². The number of anilines is 1. The molecule has 3 aliphatic rings. The highest BCUT2D eigenvalue weighted by molar-refractivity contribution is 5.96. The number of ether oxygens (including phenoxy) is 2. The molecule has 1 aliphatic carbocycles. The Morgan fingerprint density at radius 1 is 1.19 bits per heavy atom. The van der Waals surface area contributed by atoms with Crippen LogP contribution in [0.1, 0.15) is 42.2 Å². The highest BCUT2D eigenvalue weighted by atomic mass is 19.4. The van der Waals surface area contributed by atoms with Crippen LogP contribution in [0.4, 0.5) is 23.2 Å². The van der Waals surface area contributed by atoms with Crippen molar-refractivity contribution < 1.29 is 31.8 Å². The summed E-state index contributed by atoms with van der Waals surface area (Å²) in [6.45, 7) is 4.06. The summed E-state index contributed by atoms with van der Waals surface area (Å²) in [6.07, 6.45) is -1.47. The van der Waals surface area contributed by atoms with Gasteiger partial charge in [0.1, 0.15) is 11.9 Å². The third-order valence-corrected chi connectivity index (χ3v) is 8.13. The topological polar surface area (TPSA) is 88.6 Å². The summed E-state index contributed by atoms with van der Waals surface area (Å²) in [6, 6.07) is 9.60. The van der Waals surface area contributed by atoms with Gasteiger partial charge in [-0.05, 0) is 68.8 Å². The second kappa shape index (κ2) is 11.4. The lowest BCUT2D eigenvalue weighted by Gasteiger charge is -2.35. The summed E-state index contributed by atoms with van der Waals surface area (Å²) >= 11 is 0.